The Morgan fingerprint density at radius 1 is 1.04 bits per heavy atom. The Morgan fingerprint density at radius 3 is 2.17 bits per heavy atom. The van der Waals surface area contributed by atoms with Gasteiger partial charge in [0, 0.05) is 5.54 Å². The van der Waals surface area contributed by atoms with Crippen LogP contribution >= 0.6 is 0 Å². The number of nitrogens with zero attached hydrogens (tertiary/aromatic N) is 3. The molecule has 1 heterocycles. The van der Waals surface area contributed by atoms with Crippen LogP contribution in [0.25, 0.3) is 0 Å². The highest BCUT2D eigenvalue weighted by Crippen LogP contribution is 2.29. The normalized spacial score (nSPS) is 11.8. The minimum atomic E-state index is -4.33. The quantitative estimate of drug-likeness (QED) is 0.931. The van der Waals surface area contributed by atoms with Gasteiger partial charge in [-0.05, 0) is 50.1 Å². The summed E-state index contributed by atoms with van der Waals surface area (Å²) in [5.74, 6) is 0.501. The van der Waals surface area contributed by atoms with Gasteiger partial charge in [-0.2, -0.15) is 18.4 Å². The summed E-state index contributed by atoms with van der Waals surface area (Å²) in [7, 11) is 0. The number of halogens is 3. The van der Waals surface area contributed by atoms with Gasteiger partial charge in [-0.3, -0.25) is 0 Å². The summed E-state index contributed by atoms with van der Waals surface area (Å²) in [4.78, 5) is 0. The van der Waals surface area contributed by atoms with E-state index in [9.17, 15) is 13.2 Å². The number of alkyl halides is 3. The van der Waals surface area contributed by atoms with Crippen LogP contribution in [0.1, 0.15) is 30.7 Å². The van der Waals surface area contributed by atoms with Crippen LogP contribution in [0.2, 0.25) is 0 Å². The average molecular weight is 320 g/mol. The Kier molecular flexibility index (Phi) is 4.55. The van der Waals surface area contributed by atoms with Gasteiger partial charge < -0.3 is 5.32 Å². The first-order valence-electron chi connectivity index (χ1n) is 6.88. The first kappa shape index (κ1) is 16.7. The van der Waals surface area contributed by atoms with E-state index in [4.69, 9.17) is 5.26 Å². The minimum absolute atomic E-state index is 0.219. The molecule has 1 aromatic carbocycles. The summed E-state index contributed by atoms with van der Waals surface area (Å²) in [5.41, 5.74) is -0.110. The van der Waals surface area contributed by atoms with E-state index in [2.05, 4.69) is 15.5 Å². The van der Waals surface area contributed by atoms with E-state index >= 15 is 0 Å². The van der Waals surface area contributed by atoms with Crippen molar-refractivity contribution in [2.45, 2.75) is 32.0 Å². The summed E-state index contributed by atoms with van der Waals surface area (Å²) in [6.07, 6.45) is -3.82. The summed E-state index contributed by atoms with van der Waals surface area (Å²) < 4.78 is 37.7. The predicted molar refractivity (Wildman–Crippen MR) is 79.6 cm³/mol. The molecule has 0 atom stereocenters. The van der Waals surface area contributed by atoms with Crippen molar-refractivity contribution in [2.24, 2.45) is 0 Å². The molecule has 0 saturated carbocycles. The van der Waals surface area contributed by atoms with Gasteiger partial charge >= 0.3 is 6.18 Å². The molecule has 2 rings (SSSR count). The van der Waals surface area contributed by atoms with Crippen LogP contribution < -0.4 is 5.32 Å². The molecule has 0 spiro atoms. The van der Waals surface area contributed by atoms with E-state index in [0.717, 1.165) is 17.7 Å². The number of nitrogens with one attached hydrogen (secondary N) is 1. The Morgan fingerprint density at radius 2 is 1.70 bits per heavy atom. The standard InChI is InChI=1S/C16H15F3N4/c1-15(2,21-14-8-7-13(10-20)22-23-14)9-11-3-5-12(6-4-11)16(17,18)19/h3-8H,9H2,1-2H3,(H,21,23). The molecule has 0 bridgehead atoms. The van der Waals surface area contributed by atoms with E-state index in [0.29, 0.717) is 12.2 Å². The van der Waals surface area contributed by atoms with Crippen LogP contribution in [0.4, 0.5) is 19.0 Å². The molecule has 1 N–H and O–H groups in total. The fourth-order valence-corrected chi connectivity index (χ4v) is 2.17. The number of benzene rings is 1. The molecule has 0 fully saturated rings. The van der Waals surface area contributed by atoms with Crippen molar-refractivity contribution in [3.05, 3.63) is 53.2 Å². The van der Waals surface area contributed by atoms with E-state index < -0.39 is 17.3 Å². The van der Waals surface area contributed by atoms with Crippen LogP contribution in [0.3, 0.4) is 0 Å². The molecule has 0 saturated heterocycles. The lowest BCUT2D eigenvalue weighted by Gasteiger charge is -2.27. The van der Waals surface area contributed by atoms with Crippen molar-refractivity contribution in [1.82, 2.24) is 10.2 Å². The molecule has 0 aliphatic rings. The molecule has 2 aromatic rings. The maximum Gasteiger partial charge on any atom is 0.416 e. The smallest absolute Gasteiger partial charge is 0.363 e. The molecule has 7 heteroatoms. The molecule has 4 nitrogen and oxygen atoms in total. The van der Waals surface area contributed by atoms with Crippen molar-refractivity contribution >= 4 is 5.82 Å². The number of rotatable bonds is 4. The Bertz CT molecular complexity index is 698. The number of aromatic nitrogens is 2. The van der Waals surface area contributed by atoms with Gasteiger partial charge in [0.2, 0.25) is 0 Å². The molecule has 0 aliphatic carbocycles. The van der Waals surface area contributed by atoms with Crippen LogP contribution in [0.15, 0.2) is 36.4 Å². The van der Waals surface area contributed by atoms with Gasteiger partial charge in [-0.25, -0.2) is 0 Å². The molecule has 0 amide bonds. The van der Waals surface area contributed by atoms with Crippen LogP contribution in [0.5, 0.6) is 0 Å². The maximum atomic E-state index is 12.6. The van der Waals surface area contributed by atoms with Crippen molar-refractivity contribution in [2.75, 3.05) is 5.32 Å². The molecule has 1 aromatic heterocycles. The largest absolute Gasteiger partial charge is 0.416 e. The van der Waals surface area contributed by atoms with Gasteiger partial charge in [0.25, 0.3) is 0 Å². The first-order valence-corrected chi connectivity index (χ1v) is 6.88. The lowest BCUT2D eigenvalue weighted by molar-refractivity contribution is -0.137. The summed E-state index contributed by atoms with van der Waals surface area (Å²) in [6.45, 7) is 3.81. The third-order valence-electron chi connectivity index (χ3n) is 3.17. The summed E-state index contributed by atoms with van der Waals surface area (Å²) in [5, 5.41) is 19.5. The highest BCUT2D eigenvalue weighted by molar-refractivity contribution is 5.39. The van der Waals surface area contributed by atoms with Crippen molar-refractivity contribution in [1.29, 1.82) is 5.26 Å². The second-order valence-corrected chi connectivity index (χ2v) is 5.80. The predicted octanol–water partition coefficient (Wildman–Crippen LogP) is 3.80. The van der Waals surface area contributed by atoms with Gasteiger partial charge in [0.1, 0.15) is 11.9 Å². The van der Waals surface area contributed by atoms with E-state index in [-0.39, 0.29) is 5.69 Å². The number of anilines is 1. The molecule has 120 valence electrons. The molecular weight excluding hydrogens is 305 g/mol. The van der Waals surface area contributed by atoms with Gasteiger partial charge in [0.05, 0.1) is 5.56 Å². The third kappa shape index (κ3) is 4.68. The second-order valence-electron chi connectivity index (χ2n) is 5.80. The summed E-state index contributed by atoms with van der Waals surface area (Å²) >= 11 is 0. The van der Waals surface area contributed by atoms with Gasteiger partial charge in [-0.1, -0.05) is 12.1 Å². The zero-order valence-corrected chi connectivity index (χ0v) is 12.6. The zero-order chi connectivity index (χ0) is 17.1. The van der Waals surface area contributed by atoms with Gasteiger partial charge in [-0.15, -0.1) is 10.2 Å². The van der Waals surface area contributed by atoms with Gasteiger partial charge in [0.15, 0.2) is 5.69 Å². The van der Waals surface area contributed by atoms with E-state index in [1.54, 1.807) is 12.1 Å². The fraction of sp³-hybridized carbons (Fsp3) is 0.312. The molecule has 0 radical (unpaired) electrons. The molecular formula is C16H15F3N4. The number of nitriles is 1. The third-order valence-corrected chi connectivity index (χ3v) is 3.17. The van der Waals surface area contributed by atoms with E-state index in [1.807, 2.05) is 19.9 Å². The Labute approximate surface area is 132 Å². The topological polar surface area (TPSA) is 61.6 Å². The Hall–Kier alpha value is -2.62. The highest BCUT2D eigenvalue weighted by atomic mass is 19.4. The zero-order valence-electron chi connectivity index (χ0n) is 12.6. The molecule has 0 aliphatic heterocycles. The van der Waals surface area contributed by atoms with Crippen LogP contribution in [-0.2, 0) is 12.6 Å². The van der Waals surface area contributed by atoms with Crippen molar-refractivity contribution in [3.8, 4) is 6.07 Å². The number of hydrogen-bond acceptors (Lipinski definition) is 4. The Balaban J connectivity index is 2.06. The summed E-state index contributed by atoms with van der Waals surface area (Å²) in [6, 6.07) is 10.2. The van der Waals surface area contributed by atoms with Crippen molar-refractivity contribution in [3.63, 3.8) is 0 Å². The highest BCUT2D eigenvalue weighted by Gasteiger charge is 2.30. The number of hydrogen-bond donors (Lipinski definition) is 1. The maximum absolute atomic E-state index is 12.6. The first-order chi connectivity index (χ1) is 10.7. The van der Waals surface area contributed by atoms with Crippen molar-refractivity contribution < 1.29 is 13.2 Å². The molecule has 0 unspecified atom stereocenters. The average Bonchev–Trinajstić information content (AvgIpc) is 2.46. The lowest BCUT2D eigenvalue weighted by Crippen LogP contribution is -2.34. The second kappa shape index (κ2) is 6.24. The monoisotopic (exact) mass is 320 g/mol. The lowest BCUT2D eigenvalue weighted by atomic mass is 9.94. The van der Waals surface area contributed by atoms with Crippen LogP contribution in [-0.4, -0.2) is 15.7 Å². The molecule has 23 heavy (non-hydrogen) atoms. The minimum Gasteiger partial charge on any atom is -0.363 e. The fourth-order valence-electron chi connectivity index (χ4n) is 2.17. The van der Waals surface area contributed by atoms with E-state index in [1.165, 1.54) is 12.1 Å². The van der Waals surface area contributed by atoms with Crippen LogP contribution in [0, 0.1) is 11.3 Å². The SMILES string of the molecule is CC(C)(Cc1ccc(C(F)(F)F)cc1)Nc1ccc(C#N)nn1.